The molecule has 0 amide bonds. The molecule has 2 heterocycles. The third-order valence-electron chi connectivity index (χ3n) is 3.12. The van der Waals surface area contributed by atoms with Crippen molar-refractivity contribution in [3.8, 4) is 0 Å². The van der Waals surface area contributed by atoms with Gasteiger partial charge in [0.25, 0.3) is 0 Å². The van der Waals surface area contributed by atoms with Crippen molar-refractivity contribution in [3.63, 3.8) is 0 Å². The topological polar surface area (TPSA) is 58.3 Å². The molecule has 16 heavy (non-hydrogen) atoms. The fourth-order valence-corrected chi connectivity index (χ4v) is 2.05. The number of nitrogens with zero attached hydrogens (tertiary/aromatic N) is 4. The number of aromatic nitrogens is 2. The Kier molecular flexibility index (Phi) is 3.69. The van der Waals surface area contributed by atoms with Gasteiger partial charge in [-0.25, -0.2) is 0 Å². The fraction of sp³-hybridized carbons (Fsp3) is 0.636. The molecule has 2 rings (SSSR count). The minimum Gasteiger partial charge on any atom is -0.352 e. The molecule has 1 saturated heterocycles. The standard InChI is InChI=1S/C11H19N5/c1-2-15-5-7-16(8-6-15)11-10(9-12)3-4-13-14-11/h3-4H,2,5-9,12H2,1H3. The third-order valence-corrected chi connectivity index (χ3v) is 3.12. The first kappa shape index (κ1) is 11.3. The van der Waals surface area contributed by atoms with Crippen molar-refractivity contribution >= 4 is 5.82 Å². The van der Waals surface area contributed by atoms with Crippen LogP contribution in [0.3, 0.4) is 0 Å². The molecule has 0 saturated carbocycles. The maximum Gasteiger partial charge on any atom is 0.155 e. The van der Waals surface area contributed by atoms with Gasteiger partial charge < -0.3 is 15.5 Å². The zero-order valence-electron chi connectivity index (χ0n) is 9.76. The van der Waals surface area contributed by atoms with E-state index in [0.29, 0.717) is 6.54 Å². The van der Waals surface area contributed by atoms with E-state index in [1.165, 1.54) is 0 Å². The summed E-state index contributed by atoms with van der Waals surface area (Å²) in [5.41, 5.74) is 6.79. The molecule has 1 fully saturated rings. The summed E-state index contributed by atoms with van der Waals surface area (Å²) in [7, 11) is 0. The van der Waals surface area contributed by atoms with Gasteiger partial charge in [0.2, 0.25) is 0 Å². The third kappa shape index (κ3) is 2.31. The summed E-state index contributed by atoms with van der Waals surface area (Å²) >= 11 is 0. The van der Waals surface area contributed by atoms with Crippen LogP contribution in [0.15, 0.2) is 12.3 Å². The highest BCUT2D eigenvalue weighted by molar-refractivity contribution is 5.45. The monoisotopic (exact) mass is 221 g/mol. The van der Waals surface area contributed by atoms with E-state index in [2.05, 4.69) is 26.9 Å². The van der Waals surface area contributed by atoms with E-state index in [4.69, 9.17) is 5.73 Å². The summed E-state index contributed by atoms with van der Waals surface area (Å²) in [6.45, 7) is 8.06. The number of likely N-dealkylation sites (N-methyl/N-ethyl adjacent to an activating group) is 1. The van der Waals surface area contributed by atoms with Crippen molar-refractivity contribution in [1.82, 2.24) is 15.1 Å². The molecule has 1 aromatic heterocycles. The van der Waals surface area contributed by atoms with Crippen molar-refractivity contribution < 1.29 is 0 Å². The summed E-state index contributed by atoms with van der Waals surface area (Å²) in [5, 5.41) is 8.15. The van der Waals surface area contributed by atoms with E-state index in [1.807, 2.05) is 6.07 Å². The van der Waals surface area contributed by atoms with Crippen LogP contribution in [0, 0.1) is 0 Å². The Morgan fingerprint density at radius 2 is 2.06 bits per heavy atom. The molecule has 88 valence electrons. The molecule has 1 aliphatic heterocycles. The summed E-state index contributed by atoms with van der Waals surface area (Å²) < 4.78 is 0. The van der Waals surface area contributed by atoms with Crippen molar-refractivity contribution in [2.24, 2.45) is 5.73 Å². The van der Waals surface area contributed by atoms with E-state index in [-0.39, 0.29) is 0 Å². The van der Waals surface area contributed by atoms with E-state index in [0.717, 1.165) is 44.1 Å². The second-order valence-electron chi connectivity index (χ2n) is 4.01. The lowest BCUT2D eigenvalue weighted by Gasteiger charge is -2.35. The minimum absolute atomic E-state index is 0.527. The molecule has 0 aliphatic carbocycles. The predicted octanol–water partition coefficient (Wildman–Crippen LogP) is 0.0772. The molecule has 0 atom stereocenters. The lowest BCUT2D eigenvalue weighted by Crippen LogP contribution is -2.46. The van der Waals surface area contributed by atoms with Crippen molar-refractivity contribution in [3.05, 3.63) is 17.8 Å². The van der Waals surface area contributed by atoms with Crippen LogP contribution in [0.4, 0.5) is 5.82 Å². The van der Waals surface area contributed by atoms with Crippen LogP contribution in [-0.4, -0.2) is 47.8 Å². The van der Waals surface area contributed by atoms with Gasteiger partial charge in [-0.2, -0.15) is 5.10 Å². The smallest absolute Gasteiger partial charge is 0.155 e. The van der Waals surface area contributed by atoms with Gasteiger partial charge in [0.05, 0.1) is 6.20 Å². The largest absolute Gasteiger partial charge is 0.352 e. The zero-order chi connectivity index (χ0) is 11.4. The quantitative estimate of drug-likeness (QED) is 0.783. The second kappa shape index (κ2) is 5.23. The summed E-state index contributed by atoms with van der Waals surface area (Å²) in [5.74, 6) is 0.959. The zero-order valence-corrected chi connectivity index (χ0v) is 9.76. The molecule has 0 radical (unpaired) electrons. The van der Waals surface area contributed by atoms with Gasteiger partial charge >= 0.3 is 0 Å². The summed E-state index contributed by atoms with van der Waals surface area (Å²) in [4.78, 5) is 4.72. The average molecular weight is 221 g/mol. The van der Waals surface area contributed by atoms with Gasteiger partial charge in [-0.1, -0.05) is 6.92 Å². The number of hydrogen-bond donors (Lipinski definition) is 1. The normalized spacial score (nSPS) is 17.8. The van der Waals surface area contributed by atoms with Gasteiger partial charge in [-0.15, -0.1) is 5.10 Å². The average Bonchev–Trinajstić information content (AvgIpc) is 2.39. The lowest BCUT2D eigenvalue weighted by molar-refractivity contribution is 0.270. The first-order chi connectivity index (χ1) is 7.85. The molecule has 0 bridgehead atoms. The highest BCUT2D eigenvalue weighted by atomic mass is 15.3. The number of nitrogens with two attached hydrogens (primary N) is 1. The Bertz CT molecular complexity index is 333. The maximum absolute atomic E-state index is 5.71. The van der Waals surface area contributed by atoms with Gasteiger partial charge in [0.1, 0.15) is 0 Å². The maximum atomic E-state index is 5.71. The van der Waals surface area contributed by atoms with Crippen LogP contribution in [0.1, 0.15) is 12.5 Å². The lowest BCUT2D eigenvalue weighted by atomic mass is 10.2. The molecule has 2 N–H and O–H groups in total. The van der Waals surface area contributed by atoms with Gasteiger partial charge in [0, 0.05) is 38.3 Å². The van der Waals surface area contributed by atoms with Crippen LogP contribution in [0.2, 0.25) is 0 Å². The van der Waals surface area contributed by atoms with Crippen LogP contribution in [0.5, 0.6) is 0 Å². The van der Waals surface area contributed by atoms with Crippen LogP contribution in [0.25, 0.3) is 0 Å². The Balaban J connectivity index is 2.07. The molecule has 5 nitrogen and oxygen atoms in total. The van der Waals surface area contributed by atoms with Crippen LogP contribution < -0.4 is 10.6 Å². The van der Waals surface area contributed by atoms with Crippen molar-refractivity contribution in [1.29, 1.82) is 0 Å². The van der Waals surface area contributed by atoms with E-state index in [9.17, 15) is 0 Å². The molecular weight excluding hydrogens is 202 g/mol. The summed E-state index contributed by atoms with van der Waals surface area (Å²) in [6, 6.07) is 1.95. The van der Waals surface area contributed by atoms with Crippen LogP contribution in [-0.2, 0) is 6.54 Å². The van der Waals surface area contributed by atoms with E-state index in [1.54, 1.807) is 6.20 Å². The van der Waals surface area contributed by atoms with Crippen molar-refractivity contribution in [2.75, 3.05) is 37.6 Å². The van der Waals surface area contributed by atoms with E-state index >= 15 is 0 Å². The fourth-order valence-electron chi connectivity index (χ4n) is 2.05. The van der Waals surface area contributed by atoms with Crippen LogP contribution >= 0.6 is 0 Å². The SMILES string of the molecule is CCN1CCN(c2nnccc2CN)CC1. The Hall–Kier alpha value is -1.20. The highest BCUT2D eigenvalue weighted by Gasteiger charge is 2.18. The molecule has 0 unspecified atom stereocenters. The molecule has 0 aromatic carbocycles. The number of rotatable bonds is 3. The predicted molar refractivity (Wildman–Crippen MR) is 64.3 cm³/mol. The van der Waals surface area contributed by atoms with Gasteiger partial charge in [-0.05, 0) is 12.6 Å². The first-order valence-corrected chi connectivity index (χ1v) is 5.83. The molecule has 5 heteroatoms. The van der Waals surface area contributed by atoms with E-state index < -0.39 is 0 Å². The molecule has 0 spiro atoms. The molecule has 1 aliphatic rings. The highest BCUT2D eigenvalue weighted by Crippen LogP contribution is 2.17. The second-order valence-corrected chi connectivity index (χ2v) is 4.01. The minimum atomic E-state index is 0.527. The van der Waals surface area contributed by atoms with Crippen molar-refractivity contribution in [2.45, 2.75) is 13.5 Å². The Morgan fingerprint density at radius 3 is 2.69 bits per heavy atom. The summed E-state index contributed by atoms with van der Waals surface area (Å²) in [6.07, 6.45) is 1.70. The number of anilines is 1. The molecule has 1 aromatic rings. The first-order valence-electron chi connectivity index (χ1n) is 5.83. The van der Waals surface area contributed by atoms with Gasteiger partial charge in [0.15, 0.2) is 5.82 Å². The number of hydrogen-bond acceptors (Lipinski definition) is 5. The number of piperazine rings is 1. The molecular formula is C11H19N5. The Labute approximate surface area is 96.2 Å². The van der Waals surface area contributed by atoms with Gasteiger partial charge in [-0.3, -0.25) is 0 Å². The Morgan fingerprint density at radius 1 is 1.31 bits per heavy atom.